The molecule has 2 aromatic rings. The molecule has 0 saturated carbocycles. The highest BCUT2D eigenvalue weighted by atomic mass is 15.1. The van der Waals surface area contributed by atoms with E-state index in [1.807, 2.05) is 32.3 Å². The minimum absolute atomic E-state index is 0.383. The average molecular weight is 249 g/mol. The Morgan fingerprint density at radius 1 is 0.895 bits per heavy atom. The third kappa shape index (κ3) is 2.48. The summed E-state index contributed by atoms with van der Waals surface area (Å²) >= 11 is 0. The quantitative estimate of drug-likeness (QED) is 0.750. The van der Waals surface area contributed by atoms with Crippen molar-refractivity contribution < 1.29 is 0 Å². The van der Waals surface area contributed by atoms with Gasteiger partial charge in [0.2, 0.25) is 0 Å². The second kappa shape index (κ2) is 5.20. The molecule has 0 heterocycles. The summed E-state index contributed by atoms with van der Waals surface area (Å²) in [5, 5.41) is 0. The van der Waals surface area contributed by atoms with E-state index in [0.29, 0.717) is 0 Å². The van der Waals surface area contributed by atoms with Gasteiger partial charge in [-0.05, 0) is 30.2 Å². The average Bonchev–Trinajstić information content (AvgIpc) is 2.47. The van der Waals surface area contributed by atoms with Gasteiger partial charge in [-0.25, -0.2) is 0 Å². The van der Waals surface area contributed by atoms with Crippen molar-refractivity contribution in [2.24, 2.45) is 0 Å². The van der Waals surface area contributed by atoms with Crippen molar-refractivity contribution in [1.29, 1.82) is 0 Å². The van der Waals surface area contributed by atoms with Gasteiger partial charge in [0, 0.05) is 19.8 Å². The summed E-state index contributed by atoms with van der Waals surface area (Å²) in [6.07, 6.45) is 5.81. The molecule has 0 aliphatic heterocycles. The summed E-state index contributed by atoms with van der Waals surface area (Å²) in [7, 11) is 4.07. The number of terminal acetylenes is 1. The molecule has 2 aromatic carbocycles. The maximum absolute atomic E-state index is 5.81. The number of rotatable bonds is 3. The third-order valence-corrected chi connectivity index (χ3v) is 3.60. The molecule has 0 N–H and O–H groups in total. The maximum atomic E-state index is 5.81. The molecule has 0 saturated heterocycles. The van der Waals surface area contributed by atoms with Gasteiger partial charge in [-0.3, -0.25) is 0 Å². The molecule has 0 spiro atoms. The van der Waals surface area contributed by atoms with Crippen molar-refractivity contribution in [3.05, 3.63) is 65.7 Å². The molecule has 1 nitrogen and oxygen atoms in total. The van der Waals surface area contributed by atoms with E-state index >= 15 is 0 Å². The van der Waals surface area contributed by atoms with Gasteiger partial charge in [0.1, 0.15) is 0 Å². The van der Waals surface area contributed by atoms with E-state index in [2.05, 4.69) is 54.1 Å². The summed E-state index contributed by atoms with van der Waals surface area (Å²) in [5.41, 5.74) is 3.09. The summed E-state index contributed by atoms with van der Waals surface area (Å²) < 4.78 is 0. The van der Waals surface area contributed by atoms with Crippen LogP contribution in [0.1, 0.15) is 18.1 Å². The molecule has 2 rings (SSSR count). The van der Waals surface area contributed by atoms with Gasteiger partial charge >= 0.3 is 0 Å². The molecule has 0 bridgehead atoms. The van der Waals surface area contributed by atoms with Crippen molar-refractivity contribution in [2.45, 2.75) is 12.3 Å². The molecule has 0 radical (unpaired) electrons. The first kappa shape index (κ1) is 13.2. The lowest BCUT2D eigenvalue weighted by Crippen LogP contribution is -2.21. The van der Waals surface area contributed by atoms with Gasteiger partial charge < -0.3 is 4.90 Å². The molecule has 0 fully saturated rings. The number of nitrogens with zero attached hydrogens (tertiary/aromatic N) is 1. The van der Waals surface area contributed by atoms with Crippen LogP contribution < -0.4 is 4.90 Å². The molecule has 0 aliphatic rings. The lowest BCUT2D eigenvalue weighted by Gasteiger charge is -2.25. The van der Waals surface area contributed by atoms with E-state index in [0.717, 1.165) is 11.1 Å². The molecule has 0 amide bonds. The molecule has 96 valence electrons. The first-order valence-electron chi connectivity index (χ1n) is 6.39. The predicted octanol–water partition coefficient (Wildman–Crippen LogP) is 3.69. The van der Waals surface area contributed by atoms with Crippen molar-refractivity contribution in [2.75, 3.05) is 19.0 Å². The number of hydrogen-bond acceptors (Lipinski definition) is 1. The summed E-state index contributed by atoms with van der Waals surface area (Å²) in [4.78, 5) is 2.08. The Bertz CT molecular complexity index is 575. The molecular weight excluding hydrogens is 230 g/mol. The first-order valence-corrected chi connectivity index (χ1v) is 6.39. The second-order valence-corrected chi connectivity index (χ2v) is 5.08. The van der Waals surface area contributed by atoms with Gasteiger partial charge in [-0.1, -0.05) is 48.4 Å². The summed E-state index contributed by atoms with van der Waals surface area (Å²) in [6.45, 7) is 2.09. The zero-order chi connectivity index (χ0) is 13.9. The van der Waals surface area contributed by atoms with Gasteiger partial charge in [0.15, 0.2) is 0 Å². The van der Waals surface area contributed by atoms with Crippen LogP contribution in [-0.2, 0) is 5.41 Å². The van der Waals surface area contributed by atoms with Crippen LogP contribution in [0, 0.1) is 12.3 Å². The third-order valence-electron chi connectivity index (χ3n) is 3.60. The van der Waals surface area contributed by atoms with Crippen LogP contribution in [0.25, 0.3) is 0 Å². The predicted molar refractivity (Wildman–Crippen MR) is 82.5 cm³/mol. The summed E-state index contributed by atoms with van der Waals surface area (Å²) in [5.74, 6) is 2.95. The zero-order valence-electron chi connectivity index (χ0n) is 11.7. The van der Waals surface area contributed by atoms with Crippen LogP contribution >= 0.6 is 0 Å². The lowest BCUT2D eigenvalue weighted by atomic mass is 9.77. The minimum atomic E-state index is -0.383. The van der Waals surface area contributed by atoms with Gasteiger partial charge in [-0.2, -0.15) is 0 Å². The van der Waals surface area contributed by atoms with E-state index in [1.165, 1.54) is 5.69 Å². The largest absolute Gasteiger partial charge is 0.378 e. The highest BCUT2D eigenvalue weighted by Crippen LogP contribution is 2.32. The van der Waals surface area contributed by atoms with E-state index in [9.17, 15) is 0 Å². The monoisotopic (exact) mass is 249 g/mol. The summed E-state index contributed by atoms with van der Waals surface area (Å²) in [6, 6.07) is 18.7. The molecule has 0 aliphatic carbocycles. The standard InChI is InChI=1S/C18H19N/c1-5-18(2,15-9-7-6-8-10-15)16-11-13-17(14-12-16)19(3)4/h1,6-14H,2-4H3. The Morgan fingerprint density at radius 2 is 1.42 bits per heavy atom. The molecule has 19 heavy (non-hydrogen) atoms. The molecule has 1 atom stereocenters. The van der Waals surface area contributed by atoms with E-state index in [4.69, 9.17) is 6.42 Å². The topological polar surface area (TPSA) is 3.24 Å². The molecule has 1 heteroatoms. The fraction of sp³-hybridized carbons (Fsp3) is 0.222. The van der Waals surface area contributed by atoms with E-state index in [-0.39, 0.29) is 5.41 Å². The lowest BCUT2D eigenvalue weighted by molar-refractivity contribution is 0.754. The molecule has 1 unspecified atom stereocenters. The Morgan fingerprint density at radius 3 is 1.89 bits per heavy atom. The number of hydrogen-bond donors (Lipinski definition) is 0. The minimum Gasteiger partial charge on any atom is -0.378 e. The van der Waals surface area contributed by atoms with Crippen LogP contribution in [0.15, 0.2) is 54.6 Å². The SMILES string of the molecule is C#CC(C)(c1ccccc1)c1ccc(N(C)C)cc1. The van der Waals surface area contributed by atoms with Gasteiger partial charge in [-0.15, -0.1) is 6.42 Å². The van der Waals surface area contributed by atoms with Crippen molar-refractivity contribution in [3.63, 3.8) is 0 Å². The Balaban J connectivity index is 2.45. The van der Waals surface area contributed by atoms with Crippen molar-refractivity contribution >= 4 is 5.69 Å². The van der Waals surface area contributed by atoms with Crippen LogP contribution in [-0.4, -0.2) is 14.1 Å². The number of benzene rings is 2. The van der Waals surface area contributed by atoms with Crippen LogP contribution in [0.5, 0.6) is 0 Å². The molecule has 0 aromatic heterocycles. The first-order chi connectivity index (χ1) is 9.08. The fourth-order valence-electron chi connectivity index (χ4n) is 2.20. The second-order valence-electron chi connectivity index (χ2n) is 5.08. The number of anilines is 1. The molecular formula is C18H19N. The highest BCUT2D eigenvalue weighted by Gasteiger charge is 2.26. The maximum Gasteiger partial charge on any atom is 0.0781 e. The van der Waals surface area contributed by atoms with Crippen LogP contribution in [0.4, 0.5) is 5.69 Å². The van der Waals surface area contributed by atoms with Crippen molar-refractivity contribution in [1.82, 2.24) is 0 Å². The Labute approximate surface area is 115 Å². The fourth-order valence-corrected chi connectivity index (χ4v) is 2.20. The van der Waals surface area contributed by atoms with Gasteiger partial charge in [0.05, 0.1) is 5.41 Å². The Hall–Kier alpha value is -2.20. The van der Waals surface area contributed by atoms with Crippen LogP contribution in [0.3, 0.4) is 0 Å². The zero-order valence-corrected chi connectivity index (χ0v) is 11.7. The van der Waals surface area contributed by atoms with E-state index in [1.54, 1.807) is 0 Å². The van der Waals surface area contributed by atoms with Gasteiger partial charge in [0.25, 0.3) is 0 Å². The van der Waals surface area contributed by atoms with Crippen molar-refractivity contribution in [3.8, 4) is 12.3 Å². The Kier molecular flexibility index (Phi) is 3.62. The normalized spacial score (nSPS) is 13.4. The van der Waals surface area contributed by atoms with E-state index < -0.39 is 0 Å². The highest BCUT2D eigenvalue weighted by molar-refractivity contribution is 5.52. The smallest absolute Gasteiger partial charge is 0.0781 e. The van der Waals surface area contributed by atoms with Crippen LogP contribution in [0.2, 0.25) is 0 Å².